The van der Waals surface area contributed by atoms with Crippen molar-refractivity contribution in [3.05, 3.63) is 53.6 Å². The Morgan fingerprint density at radius 3 is 2.36 bits per heavy atom. The van der Waals surface area contributed by atoms with Gasteiger partial charge in [0.1, 0.15) is 28.5 Å². The normalized spacial score (nSPS) is 25.5. The van der Waals surface area contributed by atoms with Gasteiger partial charge in [0.2, 0.25) is 5.90 Å². The second kappa shape index (κ2) is 16.0. The van der Waals surface area contributed by atoms with Gasteiger partial charge in [-0.2, -0.15) is 0 Å². The Labute approximate surface area is 302 Å². The molecule has 4 bridgehead atoms. The first-order valence-electron chi connectivity index (χ1n) is 18.5. The molecular formula is C40H56N5O4S+. The van der Waals surface area contributed by atoms with Crippen LogP contribution in [0.15, 0.2) is 52.4 Å². The number of cyclic esters (lactones) is 1. The van der Waals surface area contributed by atoms with Crippen LogP contribution in [-0.2, 0) is 9.53 Å². The summed E-state index contributed by atoms with van der Waals surface area (Å²) in [7, 11) is 7.49. The molecule has 0 saturated heterocycles. The molecular weight excluding hydrogens is 647 g/mol. The van der Waals surface area contributed by atoms with Gasteiger partial charge in [0, 0.05) is 22.6 Å². The highest BCUT2D eigenvalue weighted by molar-refractivity contribution is 7.99. The van der Waals surface area contributed by atoms with E-state index in [4.69, 9.17) is 19.2 Å². The van der Waals surface area contributed by atoms with Gasteiger partial charge < -0.3 is 24.4 Å². The summed E-state index contributed by atoms with van der Waals surface area (Å²) in [6.07, 6.45) is 9.52. The van der Waals surface area contributed by atoms with E-state index in [2.05, 4.69) is 54.6 Å². The van der Waals surface area contributed by atoms with E-state index >= 15 is 0 Å². The van der Waals surface area contributed by atoms with Crippen LogP contribution in [0.5, 0.6) is 11.5 Å². The van der Waals surface area contributed by atoms with E-state index in [0.29, 0.717) is 23.3 Å². The molecule has 4 saturated carbocycles. The van der Waals surface area contributed by atoms with Crippen LogP contribution in [0.1, 0.15) is 75.8 Å². The molecule has 4 fully saturated rings. The molecule has 0 atom stereocenters. The Morgan fingerprint density at radius 1 is 1.08 bits per heavy atom. The van der Waals surface area contributed by atoms with E-state index in [1.54, 1.807) is 20.3 Å². The van der Waals surface area contributed by atoms with Gasteiger partial charge in [-0.05, 0) is 138 Å². The van der Waals surface area contributed by atoms with Gasteiger partial charge in [-0.3, -0.25) is 10.7 Å². The average Bonchev–Trinajstić information content (AvgIpc) is 3.46. The third-order valence-corrected chi connectivity index (χ3v) is 12.4. The van der Waals surface area contributed by atoms with Crippen molar-refractivity contribution in [1.82, 2.24) is 10.2 Å². The molecule has 0 unspecified atom stereocenters. The van der Waals surface area contributed by atoms with Crippen molar-refractivity contribution >= 4 is 40.7 Å². The molecule has 4 aliphatic carbocycles. The van der Waals surface area contributed by atoms with Gasteiger partial charge in [0.25, 0.3) is 0 Å². The van der Waals surface area contributed by atoms with Crippen LogP contribution >= 0.6 is 11.8 Å². The monoisotopic (exact) mass is 702 g/mol. The zero-order chi connectivity index (χ0) is 35.4. The highest BCUT2D eigenvalue weighted by Crippen LogP contribution is 2.61. The number of ether oxygens (including phenoxy) is 3. The van der Waals surface area contributed by atoms with Gasteiger partial charge >= 0.3 is 5.97 Å². The summed E-state index contributed by atoms with van der Waals surface area (Å²) < 4.78 is 17.6. The summed E-state index contributed by atoms with van der Waals surface area (Å²) in [6.45, 7) is 7.68. The smallest absolute Gasteiger partial charge is 0.341 e. The van der Waals surface area contributed by atoms with E-state index in [1.807, 2.05) is 37.0 Å². The molecule has 2 aromatic rings. The Bertz CT molecular complexity index is 1570. The lowest BCUT2D eigenvalue weighted by Gasteiger charge is -2.56. The summed E-state index contributed by atoms with van der Waals surface area (Å²) in [6, 6.07) is 12.4. The van der Waals surface area contributed by atoms with E-state index in [9.17, 15) is 10.2 Å². The third-order valence-electron chi connectivity index (χ3n) is 11.3. The minimum atomic E-state index is -0.824. The minimum absolute atomic E-state index is 0.0810. The fraction of sp³-hybridized carbons (Fsp3) is 0.575. The number of rotatable bonds is 17. The molecule has 0 aromatic heterocycles. The van der Waals surface area contributed by atoms with Gasteiger partial charge in [-0.25, -0.2) is 9.79 Å². The maximum absolute atomic E-state index is 13.7. The van der Waals surface area contributed by atoms with Crippen molar-refractivity contribution in [2.24, 2.45) is 28.7 Å². The van der Waals surface area contributed by atoms with Crippen LogP contribution in [0.25, 0.3) is 5.70 Å². The quantitative estimate of drug-likeness (QED) is 0.0587. The number of esters is 1. The van der Waals surface area contributed by atoms with Crippen molar-refractivity contribution in [1.29, 1.82) is 5.41 Å². The Hall–Kier alpha value is -3.18. The van der Waals surface area contributed by atoms with Crippen molar-refractivity contribution < 1.29 is 24.3 Å². The number of thioether (sulfide) groups is 1. The number of carbonyl (C=O) groups excluding carboxylic acids is 1. The van der Waals surface area contributed by atoms with Crippen LogP contribution in [0, 0.1) is 29.1 Å². The summed E-state index contributed by atoms with van der Waals surface area (Å²) in [5.41, 5.74) is 3.01. The molecule has 1 spiro atoms. The lowest BCUT2D eigenvalue weighted by Crippen LogP contribution is -2.75. The molecule has 50 heavy (non-hydrogen) atoms. The Balaban J connectivity index is 1.27. The number of nitrogens with two attached hydrogens (primary N) is 1. The molecule has 7 rings (SSSR count). The zero-order valence-electron chi connectivity index (χ0n) is 30.7. The topological polar surface area (TPSA) is 113 Å². The molecule has 0 radical (unpaired) electrons. The summed E-state index contributed by atoms with van der Waals surface area (Å²) in [4.78, 5) is 22.4. The number of hydrogen-bond acceptors (Lipinski definition) is 9. The standard InChI is InChI=1S/C40H55N5O4S/c1-25(2)31-23-30(50-17-9-16-45(4)15-8-14-42-3)12-13-33(31)43-34(37-35(47-5)10-7-11-36(37)48-6)24-32(41)38-44-40(39(46)49-38)28-19-26-18-27(21-28)22-29(40)20-26/h7,10-13,23-29,41-43H,8-9,14-22H2,1-6H3/p+1/b34-24-,41-32?. The van der Waals surface area contributed by atoms with Gasteiger partial charge in [-0.15, -0.1) is 11.8 Å². The maximum atomic E-state index is 13.7. The van der Waals surface area contributed by atoms with Gasteiger partial charge in [0.05, 0.1) is 14.2 Å². The zero-order valence-corrected chi connectivity index (χ0v) is 31.5. The predicted molar refractivity (Wildman–Crippen MR) is 202 cm³/mol. The van der Waals surface area contributed by atoms with Crippen molar-refractivity contribution in [2.75, 3.05) is 53.7 Å². The SMILES string of the molecule is CNCCCN(C)CCCSc1ccc([NH2+]/C(=C\C(=N)C2=NC3(C(=O)O2)C2CC4CC(C2)CC3C4)c2c(OC)cccc2OC)c(C(C)C)c1. The van der Waals surface area contributed by atoms with E-state index < -0.39 is 5.54 Å². The van der Waals surface area contributed by atoms with Gasteiger partial charge in [-0.1, -0.05) is 19.9 Å². The summed E-state index contributed by atoms with van der Waals surface area (Å²) in [5.74, 6) is 4.32. The van der Waals surface area contributed by atoms with Crippen LogP contribution in [0.3, 0.4) is 0 Å². The molecule has 0 amide bonds. The average molecular weight is 703 g/mol. The summed E-state index contributed by atoms with van der Waals surface area (Å²) >= 11 is 1.90. The lowest BCUT2D eigenvalue weighted by atomic mass is 9.49. The maximum Gasteiger partial charge on any atom is 0.341 e. The Morgan fingerprint density at radius 2 is 1.74 bits per heavy atom. The van der Waals surface area contributed by atoms with Gasteiger partial charge in [0.15, 0.2) is 11.2 Å². The first kappa shape index (κ1) is 36.6. The van der Waals surface area contributed by atoms with E-state index in [0.717, 1.165) is 80.9 Å². The van der Waals surface area contributed by atoms with E-state index in [1.165, 1.54) is 16.9 Å². The second-order valence-corrected chi connectivity index (χ2v) is 16.2. The summed E-state index contributed by atoms with van der Waals surface area (Å²) in [5, 5.41) is 14.6. The molecule has 2 aromatic carbocycles. The van der Waals surface area contributed by atoms with Crippen LogP contribution in [-0.4, -0.2) is 81.7 Å². The fourth-order valence-corrected chi connectivity index (χ4v) is 9.97. The number of nitrogens with zero attached hydrogens (tertiary/aromatic N) is 2. The van der Waals surface area contributed by atoms with Crippen molar-refractivity contribution in [3.8, 4) is 11.5 Å². The molecule has 4 N–H and O–H groups in total. The largest absolute Gasteiger partial charge is 0.496 e. The van der Waals surface area contributed by atoms with E-state index in [-0.39, 0.29) is 35.3 Å². The number of aliphatic imine (C=N–C) groups is 1. The minimum Gasteiger partial charge on any atom is -0.496 e. The van der Waals surface area contributed by atoms with Crippen molar-refractivity contribution in [2.45, 2.75) is 75.1 Å². The number of quaternary nitrogens is 1. The highest BCUT2D eigenvalue weighted by atomic mass is 32.2. The molecule has 1 heterocycles. The third kappa shape index (κ3) is 7.54. The molecule has 1 aliphatic heterocycles. The first-order chi connectivity index (χ1) is 24.2. The highest BCUT2D eigenvalue weighted by Gasteiger charge is 2.64. The van der Waals surface area contributed by atoms with Crippen LogP contribution in [0.4, 0.5) is 5.69 Å². The lowest BCUT2D eigenvalue weighted by molar-refractivity contribution is -0.469. The van der Waals surface area contributed by atoms with Crippen LogP contribution < -0.4 is 20.1 Å². The van der Waals surface area contributed by atoms with Crippen LogP contribution in [0.2, 0.25) is 0 Å². The molecule has 9 nitrogen and oxygen atoms in total. The predicted octanol–water partition coefficient (Wildman–Crippen LogP) is 6.26. The van der Waals surface area contributed by atoms with Crippen molar-refractivity contribution in [3.63, 3.8) is 0 Å². The number of benzene rings is 2. The number of carbonyl (C=O) groups is 1. The Kier molecular flexibility index (Phi) is 11.7. The first-order valence-corrected chi connectivity index (χ1v) is 19.4. The molecule has 270 valence electrons. The number of nitrogens with one attached hydrogen (secondary N) is 2. The fourth-order valence-electron chi connectivity index (χ4n) is 9.08. The number of hydrogen-bond donors (Lipinski definition) is 3. The molecule has 5 aliphatic rings. The number of methoxy groups -OCH3 is 2. The second-order valence-electron chi connectivity index (χ2n) is 15.0. The molecule has 10 heteroatoms.